The number of nitrogens with one attached hydrogen (secondary N) is 2. The predicted octanol–water partition coefficient (Wildman–Crippen LogP) is 4.03. The van der Waals surface area contributed by atoms with Crippen LogP contribution in [-0.2, 0) is 24.3 Å². The van der Waals surface area contributed by atoms with E-state index in [1.54, 1.807) is 19.2 Å². The molecule has 1 amide bonds. The molecule has 0 saturated carbocycles. The summed E-state index contributed by atoms with van der Waals surface area (Å²) in [6.45, 7) is 4.01. The predicted molar refractivity (Wildman–Crippen MR) is 131 cm³/mol. The van der Waals surface area contributed by atoms with E-state index in [0.29, 0.717) is 34.4 Å². The molecule has 1 aliphatic heterocycles. The molecule has 172 valence electrons. The summed E-state index contributed by atoms with van der Waals surface area (Å²) in [5.41, 5.74) is 4.10. The van der Waals surface area contributed by atoms with Crippen LogP contribution in [0, 0.1) is 6.92 Å². The van der Waals surface area contributed by atoms with Gasteiger partial charge in [0.1, 0.15) is 5.75 Å². The Morgan fingerprint density at radius 3 is 2.79 bits per heavy atom. The maximum Gasteiger partial charge on any atom is 0.256 e. The van der Waals surface area contributed by atoms with E-state index < -0.39 is 0 Å². The van der Waals surface area contributed by atoms with Gasteiger partial charge < -0.3 is 15.0 Å². The third-order valence-corrected chi connectivity index (χ3v) is 6.77. The second-order valence-electron chi connectivity index (χ2n) is 7.91. The fourth-order valence-corrected chi connectivity index (χ4v) is 4.51. The minimum absolute atomic E-state index is 0.136. The number of H-pyrrole nitrogens is 1. The van der Waals surface area contributed by atoms with E-state index >= 15 is 0 Å². The molecule has 0 spiro atoms. The number of benzene rings is 2. The lowest BCUT2D eigenvalue weighted by atomic mass is 10.1. The summed E-state index contributed by atoms with van der Waals surface area (Å²) in [4.78, 5) is 34.7. The highest BCUT2D eigenvalue weighted by Crippen LogP contribution is 2.22. The van der Waals surface area contributed by atoms with Gasteiger partial charge in [0.15, 0.2) is 5.16 Å². The third-order valence-electron chi connectivity index (χ3n) is 5.49. The SMILES string of the molecule is COc1ccc(CN2CCc3nc(SCC(=O)Nc4ccc(C)c(Cl)c4)[nH]c(=O)c3C2)cc1. The van der Waals surface area contributed by atoms with Crippen LogP contribution < -0.4 is 15.6 Å². The van der Waals surface area contributed by atoms with E-state index in [1.807, 2.05) is 37.3 Å². The highest BCUT2D eigenvalue weighted by atomic mass is 35.5. The molecule has 0 saturated heterocycles. The van der Waals surface area contributed by atoms with Gasteiger partial charge in [0, 0.05) is 36.8 Å². The number of anilines is 1. The molecule has 0 unspecified atom stereocenters. The Labute approximate surface area is 201 Å². The number of carbonyl (C=O) groups excluding carboxylic acids is 1. The number of hydrogen-bond donors (Lipinski definition) is 2. The summed E-state index contributed by atoms with van der Waals surface area (Å²) < 4.78 is 5.21. The molecule has 7 nitrogen and oxygen atoms in total. The first kappa shape index (κ1) is 23.4. The van der Waals surface area contributed by atoms with Gasteiger partial charge in [-0.15, -0.1) is 0 Å². The van der Waals surface area contributed by atoms with Crippen LogP contribution in [0.5, 0.6) is 5.75 Å². The zero-order valence-corrected chi connectivity index (χ0v) is 20.1. The minimum atomic E-state index is -0.189. The first-order valence-corrected chi connectivity index (χ1v) is 11.9. The summed E-state index contributed by atoms with van der Waals surface area (Å²) in [7, 11) is 1.65. The van der Waals surface area contributed by atoms with Gasteiger partial charge in [-0.05, 0) is 42.3 Å². The Bertz CT molecular complexity index is 1210. The summed E-state index contributed by atoms with van der Waals surface area (Å²) in [6, 6.07) is 13.3. The third kappa shape index (κ3) is 5.96. The summed E-state index contributed by atoms with van der Waals surface area (Å²) in [5, 5.41) is 3.87. The highest BCUT2D eigenvalue weighted by molar-refractivity contribution is 7.99. The lowest BCUT2D eigenvalue weighted by Gasteiger charge is -2.27. The van der Waals surface area contributed by atoms with Crippen LogP contribution in [0.2, 0.25) is 5.02 Å². The standard InChI is InChI=1S/C24H25ClN4O3S/c1-15-3-6-17(11-20(15)25)26-22(30)14-33-24-27-21-9-10-29(13-19(21)23(31)28-24)12-16-4-7-18(32-2)8-5-16/h3-8,11H,9-10,12-14H2,1-2H3,(H,26,30)(H,27,28,31). The number of thioether (sulfide) groups is 1. The van der Waals surface area contributed by atoms with Crippen molar-refractivity contribution in [2.75, 3.05) is 24.7 Å². The van der Waals surface area contributed by atoms with E-state index in [-0.39, 0.29) is 17.2 Å². The average molecular weight is 485 g/mol. The number of ether oxygens (including phenoxy) is 1. The van der Waals surface area contributed by atoms with E-state index in [4.69, 9.17) is 16.3 Å². The summed E-state index contributed by atoms with van der Waals surface area (Å²) in [6.07, 6.45) is 0.691. The zero-order valence-electron chi connectivity index (χ0n) is 18.5. The number of aromatic amines is 1. The maximum atomic E-state index is 12.7. The number of methoxy groups -OCH3 is 1. The Morgan fingerprint density at radius 1 is 1.27 bits per heavy atom. The zero-order chi connectivity index (χ0) is 23.4. The van der Waals surface area contributed by atoms with E-state index in [2.05, 4.69) is 20.2 Å². The van der Waals surface area contributed by atoms with Crippen LogP contribution in [-0.4, -0.2) is 40.2 Å². The van der Waals surface area contributed by atoms with Crippen molar-refractivity contribution in [3.8, 4) is 5.75 Å². The van der Waals surface area contributed by atoms with E-state index in [1.165, 1.54) is 11.8 Å². The van der Waals surface area contributed by atoms with Crippen molar-refractivity contribution >= 4 is 35.0 Å². The molecule has 1 aromatic heterocycles. The number of halogens is 1. The molecule has 0 aliphatic carbocycles. The fraction of sp³-hybridized carbons (Fsp3) is 0.292. The monoisotopic (exact) mass is 484 g/mol. The van der Waals surface area contributed by atoms with Crippen LogP contribution in [0.25, 0.3) is 0 Å². The van der Waals surface area contributed by atoms with Crippen LogP contribution in [0.1, 0.15) is 22.4 Å². The second kappa shape index (κ2) is 10.4. The van der Waals surface area contributed by atoms with Gasteiger partial charge in [-0.25, -0.2) is 4.98 Å². The van der Waals surface area contributed by atoms with Gasteiger partial charge in [0.05, 0.1) is 24.1 Å². The van der Waals surface area contributed by atoms with Crippen LogP contribution in [0.4, 0.5) is 5.69 Å². The number of nitrogens with zero attached hydrogens (tertiary/aromatic N) is 2. The minimum Gasteiger partial charge on any atom is -0.497 e. The topological polar surface area (TPSA) is 87.3 Å². The first-order valence-electron chi connectivity index (χ1n) is 10.6. The normalized spacial score (nSPS) is 13.4. The van der Waals surface area contributed by atoms with Crippen molar-refractivity contribution in [2.45, 2.75) is 31.6 Å². The Morgan fingerprint density at radius 2 is 2.06 bits per heavy atom. The van der Waals surface area contributed by atoms with Crippen molar-refractivity contribution < 1.29 is 9.53 Å². The summed E-state index contributed by atoms with van der Waals surface area (Å²) >= 11 is 7.32. The van der Waals surface area contributed by atoms with Crippen molar-refractivity contribution in [2.24, 2.45) is 0 Å². The molecular weight excluding hydrogens is 460 g/mol. The van der Waals surface area contributed by atoms with Crippen molar-refractivity contribution in [1.29, 1.82) is 0 Å². The quantitative estimate of drug-likeness (QED) is 0.389. The van der Waals surface area contributed by atoms with Gasteiger partial charge in [0.25, 0.3) is 5.56 Å². The van der Waals surface area contributed by atoms with Crippen LogP contribution in [0.3, 0.4) is 0 Å². The number of aromatic nitrogens is 2. The number of fused-ring (bicyclic) bond motifs is 1. The molecule has 0 bridgehead atoms. The molecular formula is C24H25ClN4O3S. The van der Waals surface area contributed by atoms with Gasteiger partial charge in [0.2, 0.25) is 5.91 Å². The largest absolute Gasteiger partial charge is 0.497 e. The molecule has 9 heteroatoms. The Balaban J connectivity index is 1.35. The van der Waals surface area contributed by atoms with Gasteiger partial charge in [-0.2, -0.15) is 0 Å². The van der Waals surface area contributed by atoms with Gasteiger partial charge in [-0.3, -0.25) is 14.5 Å². The Hall–Kier alpha value is -2.81. The molecule has 2 aromatic carbocycles. The van der Waals surface area contributed by atoms with Gasteiger partial charge >= 0.3 is 0 Å². The van der Waals surface area contributed by atoms with Crippen molar-refractivity contribution in [3.63, 3.8) is 0 Å². The van der Waals surface area contributed by atoms with Crippen LogP contribution in [0.15, 0.2) is 52.4 Å². The molecule has 1 aliphatic rings. The average Bonchev–Trinajstić information content (AvgIpc) is 2.81. The molecule has 2 N–H and O–H groups in total. The second-order valence-corrected chi connectivity index (χ2v) is 9.28. The van der Waals surface area contributed by atoms with E-state index in [0.717, 1.165) is 35.7 Å². The van der Waals surface area contributed by atoms with Gasteiger partial charge in [-0.1, -0.05) is 41.6 Å². The molecule has 0 radical (unpaired) electrons. The highest BCUT2D eigenvalue weighted by Gasteiger charge is 2.21. The maximum absolute atomic E-state index is 12.7. The number of rotatable bonds is 7. The molecule has 0 fully saturated rings. The molecule has 33 heavy (non-hydrogen) atoms. The smallest absolute Gasteiger partial charge is 0.256 e. The number of aryl methyl sites for hydroxylation is 1. The first-order chi connectivity index (χ1) is 15.9. The molecule has 3 aromatic rings. The fourth-order valence-electron chi connectivity index (χ4n) is 3.65. The molecule has 2 heterocycles. The summed E-state index contributed by atoms with van der Waals surface area (Å²) in [5.74, 6) is 0.771. The van der Waals surface area contributed by atoms with Crippen molar-refractivity contribution in [1.82, 2.24) is 14.9 Å². The lowest BCUT2D eigenvalue weighted by Crippen LogP contribution is -2.35. The van der Waals surface area contributed by atoms with E-state index in [9.17, 15) is 9.59 Å². The number of hydrogen-bond acceptors (Lipinski definition) is 6. The molecule has 0 atom stereocenters. The number of carbonyl (C=O) groups is 1. The van der Waals surface area contributed by atoms with Crippen LogP contribution >= 0.6 is 23.4 Å². The van der Waals surface area contributed by atoms with Crippen molar-refractivity contribution in [3.05, 3.63) is 80.2 Å². The number of amides is 1. The lowest BCUT2D eigenvalue weighted by molar-refractivity contribution is -0.113. The molecule has 4 rings (SSSR count). The Kier molecular flexibility index (Phi) is 7.37.